The predicted molar refractivity (Wildman–Crippen MR) is 163 cm³/mol. The van der Waals surface area contributed by atoms with Crippen LogP contribution in [0, 0.1) is 6.92 Å². The van der Waals surface area contributed by atoms with E-state index in [4.69, 9.17) is 18.9 Å². The average Bonchev–Trinajstić information content (AvgIpc) is 3.52. The van der Waals surface area contributed by atoms with E-state index in [2.05, 4.69) is 11.9 Å². The van der Waals surface area contributed by atoms with Gasteiger partial charge in [0.1, 0.15) is 16.4 Å². The van der Waals surface area contributed by atoms with Crippen LogP contribution in [0.4, 0.5) is 5.13 Å². The molecular formula is C32H36N2O8S. The van der Waals surface area contributed by atoms with Gasteiger partial charge < -0.3 is 24.1 Å². The molecule has 1 aliphatic heterocycles. The van der Waals surface area contributed by atoms with Crippen LogP contribution >= 0.6 is 11.3 Å². The molecule has 11 heteroatoms. The Hall–Kier alpha value is -4.38. The topological polar surface area (TPSA) is 124 Å². The third-order valence-corrected chi connectivity index (χ3v) is 7.88. The van der Waals surface area contributed by atoms with E-state index in [0.29, 0.717) is 53.9 Å². The number of thiazole rings is 1. The Bertz CT molecular complexity index is 1510. The second-order valence-corrected chi connectivity index (χ2v) is 10.8. The van der Waals surface area contributed by atoms with Crippen LogP contribution in [0.5, 0.6) is 17.2 Å². The number of hydrogen-bond donors (Lipinski definition) is 1. The van der Waals surface area contributed by atoms with Crippen molar-refractivity contribution in [1.82, 2.24) is 4.98 Å². The Kier molecular flexibility index (Phi) is 10.4. The minimum absolute atomic E-state index is 0.119. The van der Waals surface area contributed by atoms with Gasteiger partial charge in [-0.2, -0.15) is 0 Å². The maximum absolute atomic E-state index is 13.6. The maximum Gasteiger partial charge on any atom is 0.350 e. The number of aryl methyl sites for hydroxylation is 1. The van der Waals surface area contributed by atoms with Crippen LogP contribution in [-0.4, -0.2) is 54.7 Å². The molecule has 10 nitrogen and oxygen atoms in total. The first-order valence-corrected chi connectivity index (χ1v) is 15.1. The summed E-state index contributed by atoms with van der Waals surface area (Å²) in [7, 11) is 1.25. The molecule has 1 fully saturated rings. The van der Waals surface area contributed by atoms with Crippen LogP contribution in [-0.2, 0) is 14.3 Å². The van der Waals surface area contributed by atoms with E-state index in [1.165, 1.54) is 12.0 Å². The Morgan fingerprint density at radius 3 is 2.37 bits per heavy atom. The number of esters is 1. The van der Waals surface area contributed by atoms with Crippen molar-refractivity contribution in [3.63, 3.8) is 0 Å². The van der Waals surface area contributed by atoms with Gasteiger partial charge in [0.15, 0.2) is 16.6 Å². The molecule has 1 saturated heterocycles. The summed E-state index contributed by atoms with van der Waals surface area (Å²) in [5, 5.41) is 11.6. The van der Waals surface area contributed by atoms with Gasteiger partial charge in [-0.05, 0) is 68.7 Å². The van der Waals surface area contributed by atoms with Crippen molar-refractivity contribution in [2.24, 2.45) is 0 Å². The average molecular weight is 609 g/mol. The summed E-state index contributed by atoms with van der Waals surface area (Å²) in [6.45, 7) is 8.92. The van der Waals surface area contributed by atoms with Gasteiger partial charge in [-0.25, -0.2) is 9.78 Å². The number of unbranched alkanes of at least 4 members (excludes halogenated alkanes) is 1. The largest absolute Gasteiger partial charge is 0.507 e. The van der Waals surface area contributed by atoms with Crippen LogP contribution in [0.2, 0.25) is 0 Å². The number of carbonyl (C=O) groups excluding carboxylic acids is 3. The second-order valence-electron chi connectivity index (χ2n) is 9.79. The third kappa shape index (κ3) is 6.67. The van der Waals surface area contributed by atoms with Crippen LogP contribution < -0.4 is 19.1 Å². The van der Waals surface area contributed by atoms with Crippen LogP contribution in [0.3, 0.4) is 0 Å². The quantitative estimate of drug-likeness (QED) is 0.0790. The fourth-order valence-electron chi connectivity index (χ4n) is 4.61. The summed E-state index contributed by atoms with van der Waals surface area (Å²) in [4.78, 5) is 45.5. The molecule has 1 N–H and O–H groups in total. The van der Waals surface area contributed by atoms with Gasteiger partial charge in [-0.15, -0.1) is 0 Å². The Morgan fingerprint density at radius 2 is 1.72 bits per heavy atom. The molecule has 1 aliphatic rings. The predicted octanol–water partition coefficient (Wildman–Crippen LogP) is 6.23. The lowest BCUT2D eigenvalue weighted by atomic mass is 9.95. The van der Waals surface area contributed by atoms with Crippen molar-refractivity contribution in [1.29, 1.82) is 0 Å². The minimum Gasteiger partial charge on any atom is -0.507 e. The number of ketones is 1. The number of amides is 1. The zero-order valence-corrected chi connectivity index (χ0v) is 25.8. The standard InChI is InChI=1S/C32H36N2O8S/c1-6-9-17-41-22-13-10-20(11-14-22)27(35)25-26(21-12-15-23(42-16-7-2)24(18-21)40-8-3)34(30(37)28(25)36)32-33-19(4)29(43-32)31(38)39-5/h10-15,18,26,35H,6-9,16-17H2,1-5H3. The number of nitrogens with zero attached hydrogens (tertiary/aromatic N) is 2. The molecule has 2 heterocycles. The maximum atomic E-state index is 13.6. The highest BCUT2D eigenvalue weighted by molar-refractivity contribution is 7.17. The fraction of sp³-hybridized carbons (Fsp3) is 0.375. The molecular weight excluding hydrogens is 572 g/mol. The van der Waals surface area contributed by atoms with Crippen LogP contribution in [0.15, 0.2) is 48.0 Å². The summed E-state index contributed by atoms with van der Waals surface area (Å²) < 4.78 is 22.3. The molecule has 0 aliphatic carbocycles. The third-order valence-electron chi connectivity index (χ3n) is 6.75. The number of carbonyl (C=O) groups is 3. The molecule has 0 spiro atoms. The number of anilines is 1. The highest BCUT2D eigenvalue weighted by atomic mass is 32.1. The molecule has 1 amide bonds. The molecule has 43 heavy (non-hydrogen) atoms. The first-order valence-electron chi connectivity index (χ1n) is 14.2. The Labute approximate surface area is 254 Å². The number of aliphatic hydroxyl groups is 1. The highest BCUT2D eigenvalue weighted by Crippen LogP contribution is 2.45. The lowest BCUT2D eigenvalue weighted by Crippen LogP contribution is -2.29. The molecule has 228 valence electrons. The second kappa shape index (κ2) is 14.2. The van der Waals surface area contributed by atoms with Crippen molar-refractivity contribution in [2.45, 2.75) is 53.0 Å². The molecule has 4 rings (SSSR count). The number of Topliss-reactive ketones (excluding diaryl/α,β-unsaturated/α-hetero) is 1. The summed E-state index contributed by atoms with van der Waals surface area (Å²) in [5.41, 5.74) is 1.05. The van der Waals surface area contributed by atoms with Crippen molar-refractivity contribution >= 4 is 39.9 Å². The van der Waals surface area contributed by atoms with Gasteiger partial charge >= 0.3 is 11.9 Å². The number of aliphatic hydroxyl groups excluding tert-OH is 1. The van der Waals surface area contributed by atoms with Gasteiger partial charge in [0.2, 0.25) is 0 Å². The number of rotatable bonds is 13. The summed E-state index contributed by atoms with van der Waals surface area (Å²) >= 11 is 0.934. The first-order chi connectivity index (χ1) is 20.7. The molecule has 3 aromatic rings. The monoisotopic (exact) mass is 608 g/mol. The number of aromatic nitrogens is 1. The zero-order valence-electron chi connectivity index (χ0n) is 25.0. The molecule has 1 unspecified atom stereocenters. The van der Waals surface area contributed by atoms with Crippen LogP contribution in [0.1, 0.15) is 72.6 Å². The number of methoxy groups -OCH3 is 1. The first kappa shape index (κ1) is 31.6. The molecule has 0 radical (unpaired) electrons. The zero-order chi connectivity index (χ0) is 31.1. The smallest absolute Gasteiger partial charge is 0.350 e. The fourth-order valence-corrected chi connectivity index (χ4v) is 5.62. The van der Waals surface area contributed by atoms with Gasteiger partial charge in [-0.3, -0.25) is 14.5 Å². The normalized spacial score (nSPS) is 15.9. The SMILES string of the molecule is CCCCOc1ccc(C(O)=C2C(=O)C(=O)N(c3nc(C)c(C(=O)OC)s3)C2c2ccc(OCCC)c(OCC)c2)cc1. The minimum atomic E-state index is -1.07. The number of hydrogen-bond acceptors (Lipinski definition) is 10. The van der Waals surface area contributed by atoms with E-state index < -0.39 is 23.7 Å². The van der Waals surface area contributed by atoms with Crippen molar-refractivity contribution < 1.29 is 38.4 Å². The number of ether oxygens (including phenoxy) is 4. The Balaban J connectivity index is 1.87. The summed E-state index contributed by atoms with van der Waals surface area (Å²) in [6.07, 6.45) is 2.70. The summed E-state index contributed by atoms with van der Waals surface area (Å²) in [5.74, 6) is -1.16. The van der Waals surface area contributed by atoms with E-state index in [9.17, 15) is 19.5 Å². The molecule has 2 aromatic carbocycles. The van der Waals surface area contributed by atoms with Gasteiger partial charge in [0.25, 0.3) is 5.78 Å². The van der Waals surface area contributed by atoms with Crippen molar-refractivity contribution in [2.75, 3.05) is 31.8 Å². The van der Waals surface area contributed by atoms with E-state index in [-0.39, 0.29) is 21.3 Å². The van der Waals surface area contributed by atoms with Gasteiger partial charge in [0.05, 0.1) is 44.2 Å². The van der Waals surface area contributed by atoms with Crippen molar-refractivity contribution in [3.8, 4) is 17.2 Å². The molecule has 1 atom stereocenters. The molecule has 0 saturated carbocycles. The molecule has 1 aromatic heterocycles. The van der Waals surface area contributed by atoms with Crippen LogP contribution in [0.25, 0.3) is 5.76 Å². The summed E-state index contributed by atoms with van der Waals surface area (Å²) in [6, 6.07) is 10.7. The molecule has 0 bridgehead atoms. The highest BCUT2D eigenvalue weighted by Gasteiger charge is 2.48. The van der Waals surface area contributed by atoms with E-state index >= 15 is 0 Å². The van der Waals surface area contributed by atoms with Gasteiger partial charge in [0, 0.05) is 5.56 Å². The van der Waals surface area contributed by atoms with E-state index in [0.717, 1.165) is 30.6 Å². The lowest BCUT2D eigenvalue weighted by molar-refractivity contribution is -0.132. The van der Waals surface area contributed by atoms with E-state index in [1.54, 1.807) is 49.4 Å². The lowest BCUT2D eigenvalue weighted by Gasteiger charge is -2.24. The number of benzene rings is 2. The van der Waals surface area contributed by atoms with Crippen molar-refractivity contribution in [3.05, 3.63) is 69.7 Å². The van der Waals surface area contributed by atoms with Gasteiger partial charge in [-0.1, -0.05) is 37.7 Å². The Morgan fingerprint density at radius 1 is 0.977 bits per heavy atom. The van der Waals surface area contributed by atoms with E-state index in [1.807, 2.05) is 13.8 Å².